The molecule has 2 aromatic carbocycles. The van der Waals surface area contributed by atoms with Gasteiger partial charge in [0.15, 0.2) is 6.61 Å². The van der Waals surface area contributed by atoms with Gasteiger partial charge in [-0.15, -0.1) is 0 Å². The lowest BCUT2D eigenvalue weighted by molar-refractivity contribution is -0.134. The molecule has 2 aromatic rings. The zero-order chi connectivity index (χ0) is 23.2. The minimum Gasteiger partial charge on any atom is -0.484 e. The molecule has 6 nitrogen and oxygen atoms in total. The van der Waals surface area contributed by atoms with Crippen molar-refractivity contribution < 1.29 is 19.1 Å². The van der Waals surface area contributed by atoms with Crippen LogP contribution in [-0.2, 0) is 20.7 Å². The van der Waals surface area contributed by atoms with Gasteiger partial charge >= 0.3 is 0 Å². The maximum atomic E-state index is 13.1. The van der Waals surface area contributed by atoms with E-state index < -0.39 is 0 Å². The predicted molar refractivity (Wildman–Crippen MR) is 127 cm³/mol. The first-order valence-electron chi connectivity index (χ1n) is 12.0. The number of amides is 2. The molecule has 176 valence electrons. The average Bonchev–Trinajstić information content (AvgIpc) is 3.34. The predicted octanol–water partition coefficient (Wildman–Crippen LogP) is 3.88. The number of nitrogens with one attached hydrogen (secondary N) is 1. The fourth-order valence-electron chi connectivity index (χ4n) is 4.65. The third kappa shape index (κ3) is 5.93. The van der Waals surface area contributed by atoms with E-state index in [-0.39, 0.29) is 30.6 Å². The van der Waals surface area contributed by atoms with Crippen molar-refractivity contribution in [2.45, 2.75) is 51.7 Å². The van der Waals surface area contributed by atoms with E-state index in [1.54, 1.807) is 0 Å². The molecule has 1 saturated heterocycles. The Morgan fingerprint density at radius 1 is 1.18 bits per heavy atom. The molecule has 1 fully saturated rings. The molecule has 0 aliphatic carbocycles. The Balaban J connectivity index is 1.50. The first-order valence-corrected chi connectivity index (χ1v) is 12.0. The smallest absolute Gasteiger partial charge is 0.258 e. The molecule has 2 atom stereocenters. The number of rotatable bonds is 8. The highest BCUT2D eigenvalue weighted by Crippen LogP contribution is 2.37. The SMILES string of the molecule is CC(C)CC(=O)N1CCc2ccc(OCC(=O)NCC3CCCO3)cc2C1c1ccccc1. The molecular weight excluding hydrogens is 416 g/mol. The molecule has 6 heteroatoms. The van der Waals surface area contributed by atoms with Crippen LogP contribution in [0, 0.1) is 5.92 Å². The standard InChI is InChI=1S/C27H34N2O4/c1-19(2)15-26(31)29-13-12-20-10-11-22(16-24(20)27(29)21-7-4-3-5-8-21)33-18-25(30)28-17-23-9-6-14-32-23/h3-5,7-8,10-11,16,19,23,27H,6,9,12-15,17-18H2,1-2H3,(H,28,30). The summed E-state index contributed by atoms with van der Waals surface area (Å²) in [5.74, 6) is 0.958. The van der Waals surface area contributed by atoms with Crippen LogP contribution < -0.4 is 10.1 Å². The van der Waals surface area contributed by atoms with Crippen molar-refractivity contribution in [1.29, 1.82) is 0 Å². The van der Waals surface area contributed by atoms with Gasteiger partial charge in [-0.3, -0.25) is 9.59 Å². The summed E-state index contributed by atoms with van der Waals surface area (Å²) >= 11 is 0. The number of benzene rings is 2. The first kappa shape index (κ1) is 23.3. The minimum atomic E-state index is -0.156. The first-order chi connectivity index (χ1) is 16.0. The van der Waals surface area contributed by atoms with E-state index in [0.29, 0.717) is 31.2 Å². The van der Waals surface area contributed by atoms with Crippen molar-refractivity contribution in [3.63, 3.8) is 0 Å². The van der Waals surface area contributed by atoms with Crippen molar-refractivity contribution in [2.24, 2.45) is 5.92 Å². The van der Waals surface area contributed by atoms with Gasteiger partial charge in [-0.2, -0.15) is 0 Å². The Labute approximate surface area is 196 Å². The van der Waals surface area contributed by atoms with Crippen LogP contribution in [0.15, 0.2) is 48.5 Å². The van der Waals surface area contributed by atoms with Gasteiger partial charge < -0.3 is 19.7 Å². The van der Waals surface area contributed by atoms with Crippen LogP contribution in [0.2, 0.25) is 0 Å². The van der Waals surface area contributed by atoms with Gasteiger partial charge in [0.05, 0.1) is 12.1 Å². The highest BCUT2D eigenvalue weighted by atomic mass is 16.5. The summed E-state index contributed by atoms with van der Waals surface area (Å²) in [6, 6.07) is 16.0. The Morgan fingerprint density at radius 2 is 2.00 bits per heavy atom. The molecule has 1 N–H and O–H groups in total. The summed E-state index contributed by atoms with van der Waals surface area (Å²) in [4.78, 5) is 27.4. The number of hydrogen-bond acceptors (Lipinski definition) is 4. The summed E-state index contributed by atoms with van der Waals surface area (Å²) in [5.41, 5.74) is 3.37. The highest BCUT2D eigenvalue weighted by molar-refractivity contribution is 5.78. The van der Waals surface area contributed by atoms with E-state index in [4.69, 9.17) is 9.47 Å². The van der Waals surface area contributed by atoms with Gasteiger partial charge in [0.2, 0.25) is 5.91 Å². The number of carbonyl (C=O) groups excluding carboxylic acids is 2. The van der Waals surface area contributed by atoms with Crippen molar-refractivity contribution in [3.05, 3.63) is 65.2 Å². The fourth-order valence-corrected chi connectivity index (χ4v) is 4.65. The van der Waals surface area contributed by atoms with Gasteiger partial charge in [0.25, 0.3) is 5.91 Å². The summed E-state index contributed by atoms with van der Waals surface area (Å²) < 4.78 is 11.4. The second kappa shape index (κ2) is 10.8. The number of nitrogens with zero attached hydrogens (tertiary/aromatic N) is 1. The normalized spacial score (nSPS) is 19.9. The van der Waals surface area contributed by atoms with Crippen LogP contribution in [0.25, 0.3) is 0 Å². The lowest BCUT2D eigenvalue weighted by Crippen LogP contribution is -2.41. The number of ether oxygens (including phenoxy) is 2. The van der Waals surface area contributed by atoms with Crippen molar-refractivity contribution in [2.75, 3.05) is 26.3 Å². The molecule has 0 aromatic heterocycles. The van der Waals surface area contributed by atoms with Gasteiger partial charge in [0.1, 0.15) is 5.75 Å². The van der Waals surface area contributed by atoms with E-state index in [1.807, 2.05) is 35.2 Å². The third-order valence-corrected chi connectivity index (χ3v) is 6.28. The monoisotopic (exact) mass is 450 g/mol. The van der Waals surface area contributed by atoms with Crippen LogP contribution in [0.1, 0.15) is 55.8 Å². The van der Waals surface area contributed by atoms with Crippen LogP contribution in [0.4, 0.5) is 0 Å². The van der Waals surface area contributed by atoms with E-state index in [0.717, 1.165) is 37.0 Å². The number of hydrogen-bond donors (Lipinski definition) is 1. The van der Waals surface area contributed by atoms with Crippen LogP contribution >= 0.6 is 0 Å². The topological polar surface area (TPSA) is 67.9 Å². The van der Waals surface area contributed by atoms with Crippen molar-refractivity contribution in [1.82, 2.24) is 10.2 Å². The zero-order valence-electron chi connectivity index (χ0n) is 19.6. The van der Waals surface area contributed by atoms with E-state index >= 15 is 0 Å². The molecular formula is C27H34N2O4. The van der Waals surface area contributed by atoms with Gasteiger partial charge in [0, 0.05) is 26.1 Å². The summed E-state index contributed by atoms with van der Waals surface area (Å²) in [5, 5.41) is 2.89. The molecule has 0 radical (unpaired) electrons. The summed E-state index contributed by atoms with van der Waals surface area (Å²) in [6.45, 7) is 6.09. The molecule has 4 rings (SSSR count). The second-order valence-corrected chi connectivity index (χ2v) is 9.34. The maximum absolute atomic E-state index is 13.1. The molecule has 0 spiro atoms. The molecule has 0 bridgehead atoms. The summed E-state index contributed by atoms with van der Waals surface area (Å²) in [7, 11) is 0. The summed E-state index contributed by atoms with van der Waals surface area (Å²) in [6.07, 6.45) is 3.48. The minimum absolute atomic E-state index is 0.0441. The van der Waals surface area contributed by atoms with Crippen LogP contribution in [0.3, 0.4) is 0 Å². The van der Waals surface area contributed by atoms with E-state index in [9.17, 15) is 9.59 Å². The Hall–Kier alpha value is -2.86. The molecule has 2 amide bonds. The molecule has 2 aliphatic heterocycles. The number of carbonyl (C=O) groups is 2. The van der Waals surface area contributed by atoms with Gasteiger partial charge in [-0.25, -0.2) is 0 Å². The average molecular weight is 451 g/mol. The molecule has 2 unspecified atom stereocenters. The maximum Gasteiger partial charge on any atom is 0.258 e. The highest BCUT2D eigenvalue weighted by Gasteiger charge is 2.32. The van der Waals surface area contributed by atoms with Crippen LogP contribution in [-0.4, -0.2) is 49.1 Å². The fraction of sp³-hybridized carbons (Fsp3) is 0.481. The lowest BCUT2D eigenvalue weighted by atomic mass is 9.87. The van der Waals surface area contributed by atoms with Gasteiger partial charge in [-0.05, 0) is 54.0 Å². The Bertz CT molecular complexity index is 954. The Kier molecular flexibility index (Phi) is 7.65. The lowest BCUT2D eigenvalue weighted by Gasteiger charge is -2.38. The van der Waals surface area contributed by atoms with E-state index in [2.05, 4.69) is 37.4 Å². The third-order valence-electron chi connectivity index (χ3n) is 6.28. The van der Waals surface area contributed by atoms with Crippen molar-refractivity contribution in [3.8, 4) is 5.75 Å². The molecule has 2 aliphatic rings. The quantitative estimate of drug-likeness (QED) is 0.663. The zero-order valence-corrected chi connectivity index (χ0v) is 19.6. The van der Waals surface area contributed by atoms with Gasteiger partial charge in [-0.1, -0.05) is 50.2 Å². The van der Waals surface area contributed by atoms with E-state index in [1.165, 1.54) is 5.56 Å². The van der Waals surface area contributed by atoms with Crippen molar-refractivity contribution >= 4 is 11.8 Å². The molecule has 33 heavy (non-hydrogen) atoms. The largest absolute Gasteiger partial charge is 0.484 e. The second-order valence-electron chi connectivity index (χ2n) is 9.34. The Morgan fingerprint density at radius 3 is 2.73 bits per heavy atom. The number of fused-ring (bicyclic) bond motifs is 1. The molecule has 0 saturated carbocycles. The molecule has 2 heterocycles. The van der Waals surface area contributed by atoms with Crippen LogP contribution in [0.5, 0.6) is 5.75 Å².